The lowest BCUT2D eigenvalue weighted by Gasteiger charge is -2.53. The second-order valence-corrected chi connectivity index (χ2v) is 6.54. The van der Waals surface area contributed by atoms with Crippen molar-refractivity contribution in [2.24, 2.45) is 0 Å². The SMILES string of the molecule is c1cncc(CO[C@@H]2CCOC3(C2)CN(Cc2ccco2)C3)c1. The molecule has 2 aromatic heterocycles. The van der Waals surface area contributed by atoms with Crippen LogP contribution in [0.5, 0.6) is 0 Å². The average molecular weight is 314 g/mol. The molecule has 4 rings (SSSR count). The summed E-state index contributed by atoms with van der Waals surface area (Å²) < 4.78 is 17.6. The van der Waals surface area contributed by atoms with Gasteiger partial charge in [0.2, 0.25) is 0 Å². The Morgan fingerprint density at radius 2 is 2.26 bits per heavy atom. The van der Waals surface area contributed by atoms with Gasteiger partial charge in [0.1, 0.15) is 5.76 Å². The molecule has 0 amide bonds. The predicted octanol–water partition coefficient (Wildman–Crippen LogP) is 2.62. The Bertz CT molecular complexity index is 608. The summed E-state index contributed by atoms with van der Waals surface area (Å²) in [5.41, 5.74) is 1.10. The van der Waals surface area contributed by atoms with Gasteiger partial charge in [0.05, 0.1) is 31.1 Å². The molecule has 0 saturated carbocycles. The number of nitrogens with zero attached hydrogens (tertiary/aromatic N) is 2. The molecule has 0 bridgehead atoms. The topological polar surface area (TPSA) is 47.7 Å². The van der Waals surface area contributed by atoms with E-state index >= 15 is 0 Å². The van der Waals surface area contributed by atoms with E-state index < -0.39 is 0 Å². The second-order valence-electron chi connectivity index (χ2n) is 6.54. The van der Waals surface area contributed by atoms with Crippen LogP contribution in [0.3, 0.4) is 0 Å². The highest BCUT2D eigenvalue weighted by Gasteiger charge is 2.47. The van der Waals surface area contributed by atoms with Gasteiger partial charge >= 0.3 is 0 Å². The minimum atomic E-state index is -0.0234. The Kier molecular flexibility index (Phi) is 4.16. The molecule has 122 valence electrons. The first-order valence-electron chi connectivity index (χ1n) is 8.21. The summed E-state index contributed by atoms with van der Waals surface area (Å²) in [6, 6.07) is 7.95. The van der Waals surface area contributed by atoms with Crippen molar-refractivity contribution in [3.8, 4) is 0 Å². The van der Waals surface area contributed by atoms with Crippen molar-refractivity contribution in [2.45, 2.75) is 37.7 Å². The molecule has 2 aromatic rings. The van der Waals surface area contributed by atoms with Gasteiger partial charge in [0.15, 0.2) is 0 Å². The van der Waals surface area contributed by atoms with Crippen LogP contribution in [0.25, 0.3) is 0 Å². The van der Waals surface area contributed by atoms with Crippen LogP contribution in [0.1, 0.15) is 24.2 Å². The van der Waals surface area contributed by atoms with Crippen molar-refractivity contribution in [1.82, 2.24) is 9.88 Å². The minimum absolute atomic E-state index is 0.0234. The zero-order chi connectivity index (χ0) is 15.5. The highest BCUT2D eigenvalue weighted by Crippen LogP contribution is 2.36. The van der Waals surface area contributed by atoms with E-state index in [2.05, 4.69) is 16.0 Å². The lowest BCUT2D eigenvalue weighted by atomic mass is 9.84. The number of pyridine rings is 1. The zero-order valence-electron chi connectivity index (χ0n) is 13.2. The first-order chi connectivity index (χ1) is 11.3. The Hall–Kier alpha value is -1.69. The molecular formula is C18H22N2O3. The van der Waals surface area contributed by atoms with E-state index in [-0.39, 0.29) is 11.7 Å². The van der Waals surface area contributed by atoms with Gasteiger partial charge < -0.3 is 13.9 Å². The second kappa shape index (κ2) is 6.43. The molecule has 0 aromatic carbocycles. The van der Waals surface area contributed by atoms with Crippen molar-refractivity contribution in [3.63, 3.8) is 0 Å². The monoisotopic (exact) mass is 314 g/mol. The maximum absolute atomic E-state index is 6.08. The fraction of sp³-hybridized carbons (Fsp3) is 0.500. The lowest BCUT2D eigenvalue weighted by Crippen LogP contribution is -2.65. The molecule has 1 spiro atoms. The Morgan fingerprint density at radius 3 is 3.04 bits per heavy atom. The van der Waals surface area contributed by atoms with Crippen LogP contribution in [0.15, 0.2) is 47.3 Å². The maximum Gasteiger partial charge on any atom is 0.117 e. The van der Waals surface area contributed by atoms with Gasteiger partial charge in [-0.15, -0.1) is 0 Å². The van der Waals surface area contributed by atoms with Crippen LogP contribution in [-0.2, 0) is 22.6 Å². The van der Waals surface area contributed by atoms with Crippen LogP contribution in [-0.4, -0.2) is 41.3 Å². The van der Waals surface area contributed by atoms with Gasteiger partial charge in [0.25, 0.3) is 0 Å². The largest absolute Gasteiger partial charge is 0.468 e. The molecule has 5 heteroatoms. The highest BCUT2D eigenvalue weighted by molar-refractivity contribution is 5.08. The van der Waals surface area contributed by atoms with Crippen molar-refractivity contribution >= 4 is 0 Å². The van der Waals surface area contributed by atoms with Crippen LogP contribution in [0, 0.1) is 0 Å². The van der Waals surface area contributed by atoms with Crippen LogP contribution >= 0.6 is 0 Å². The number of ether oxygens (including phenoxy) is 2. The molecule has 5 nitrogen and oxygen atoms in total. The number of furan rings is 1. The zero-order valence-corrected chi connectivity index (χ0v) is 13.2. The van der Waals surface area contributed by atoms with E-state index in [0.717, 1.165) is 50.4 Å². The normalized spacial score (nSPS) is 23.7. The summed E-state index contributed by atoms with van der Waals surface area (Å²) in [7, 11) is 0. The van der Waals surface area contributed by atoms with Gasteiger partial charge in [-0.1, -0.05) is 6.07 Å². The Balaban J connectivity index is 1.27. The Labute approximate surface area is 136 Å². The van der Waals surface area contributed by atoms with Crippen LogP contribution in [0.4, 0.5) is 0 Å². The summed E-state index contributed by atoms with van der Waals surface area (Å²) >= 11 is 0. The number of aromatic nitrogens is 1. The van der Waals surface area contributed by atoms with E-state index in [0.29, 0.717) is 6.61 Å². The number of likely N-dealkylation sites (tertiary alicyclic amines) is 1. The molecular weight excluding hydrogens is 292 g/mol. The molecule has 2 aliphatic heterocycles. The molecule has 2 saturated heterocycles. The third-order valence-corrected chi connectivity index (χ3v) is 4.64. The smallest absolute Gasteiger partial charge is 0.117 e. The van der Waals surface area contributed by atoms with Gasteiger partial charge in [-0.05, 0) is 30.2 Å². The lowest BCUT2D eigenvalue weighted by molar-refractivity contribution is -0.201. The first-order valence-corrected chi connectivity index (χ1v) is 8.21. The van der Waals surface area contributed by atoms with Gasteiger partial charge in [-0.3, -0.25) is 9.88 Å². The number of rotatable bonds is 5. The van der Waals surface area contributed by atoms with Crippen molar-refractivity contribution in [1.29, 1.82) is 0 Å². The maximum atomic E-state index is 6.08. The van der Waals surface area contributed by atoms with E-state index in [4.69, 9.17) is 13.9 Å². The van der Waals surface area contributed by atoms with E-state index in [1.807, 2.05) is 24.4 Å². The summed E-state index contributed by atoms with van der Waals surface area (Å²) in [5.74, 6) is 1.01. The summed E-state index contributed by atoms with van der Waals surface area (Å²) in [6.07, 6.45) is 7.60. The van der Waals surface area contributed by atoms with Crippen molar-refractivity contribution in [3.05, 3.63) is 54.2 Å². The molecule has 2 aliphatic rings. The van der Waals surface area contributed by atoms with Gasteiger partial charge in [0, 0.05) is 38.5 Å². The van der Waals surface area contributed by atoms with E-state index in [1.54, 1.807) is 12.5 Å². The first kappa shape index (κ1) is 14.9. The number of hydrogen-bond donors (Lipinski definition) is 0. The molecule has 0 N–H and O–H groups in total. The fourth-order valence-corrected chi connectivity index (χ4v) is 3.55. The standard InChI is InChI=1S/C18H22N2O3/c1-3-15(10-19-6-1)12-22-16-5-8-23-18(9-16)13-20(14-18)11-17-4-2-7-21-17/h1-4,6-7,10,16H,5,8-9,11-14H2/t16-/m1/s1. The molecule has 0 unspecified atom stereocenters. The third kappa shape index (κ3) is 3.47. The molecule has 0 radical (unpaired) electrons. The third-order valence-electron chi connectivity index (χ3n) is 4.64. The Morgan fingerprint density at radius 1 is 1.30 bits per heavy atom. The molecule has 0 aliphatic carbocycles. The van der Waals surface area contributed by atoms with Gasteiger partial charge in [-0.25, -0.2) is 0 Å². The minimum Gasteiger partial charge on any atom is -0.468 e. The summed E-state index contributed by atoms with van der Waals surface area (Å²) in [5, 5.41) is 0. The highest BCUT2D eigenvalue weighted by atomic mass is 16.5. The van der Waals surface area contributed by atoms with E-state index in [1.165, 1.54) is 0 Å². The number of hydrogen-bond acceptors (Lipinski definition) is 5. The quantitative estimate of drug-likeness (QED) is 0.849. The summed E-state index contributed by atoms with van der Waals surface area (Å²) in [6.45, 7) is 4.19. The average Bonchev–Trinajstić information content (AvgIpc) is 3.06. The fourth-order valence-electron chi connectivity index (χ4n) is 3.55. The van der Waals surface area contributed by atoms with Gasteiger partial charge in [-0.2, -0.15) is 0 Å². The van der Waals surface area contributed by atoms with Crippen LogP contribution < -0.4 is 0 Å². The molecule has 2 fully saturated rings. The molecule has 23 heavy (non-hydrogen) atoms. The van der Waals surface area contributed by atoms with Crippen molar-refractivity contribution < 1.29 is 13.9 Å². The molecule has 4 heterocycles. The van der Waals surface area contributed by atoms with Crippen LogP contribution in [0.2, 0.25) is 0 Å². The predicted molar refractivity (Wildman–Crippen MR) is 84.7 cm³/mol. The van der Waals surface area contributed by atoms with E-state index in [9.17, 15) is 0 Å². The summed E-state index contributed by atoms with van der Waals surface area (Å²) in [4.78, 5) is 6.49. The molecule has 1 atom stereocenters. The van der Waals surface area contributed by atoms with Crippen molar-refractivity contribution in [2.75, 3.05) is 19.7 Å².